The van der Waals surface area contributed by atoms with Gasteiger partial charge in [0.15, 0.2) is 0 Å². The number of carbonyl (C=O) groups excluding carboxylic acids is 6. The number of hydrogen-bond acceptors (Lipinski definition) is 7. The lowest BCUT2D eigenvalue weighted by Crippen LogP contribution is -2.56. The quantitative estimate of drug-likeness (QED) is 0.176. The van der Waals surface area contributed by atoms with Crippen LogP contribution in [0.25, 0.3) is 10.8 Å². The fourth-order valence-electron chi connectivity index (χ4n) is 4.09. The third-order valence-corrected chi connectivity index (χ3v) is 6.55. The molecule has 0 bridgehead atoms. The molecule has 0 aromatic heterocycles. The molecular formula is C32H36N6O7. The van der Waals surface area contributed by atoms with E-state index >= 15 is 0 Å². The molecule has 0 aliphatic heterocycles. The van der Waals surface area contributed by atoms with Crippen LogP contribution in [0.5, 0.6) is 0 Å². The number of carbonyl (C=O) groups is 6. The normalized spacial score (nSPS) is 12.1. The third-order valence-electron chi connectivity index (χ3n) is 6.55. The molecule has 0 aliphatic rings. The van der Waals surface area contributed by atoms with E-state index in [1.54, 1.807) is 31.3 Å². The largest absolute Gasteiger partial charge is 0.445 e. The van der Waals surface area contributed by atoms with Crippen molar-refractivity contribution in [2.45, 2.75) is 39.1 Å². The van der Waals surface area contributed by atoms with E-state index in [-0.39, 0.29) is 13.2 Å². The van der Waals surface area contributed by atoms with Crippen molar-refractivity contribution in [1.82, 2.24) is 26.0 Å². The Kier molecular flexibility index (Phi) is 12.2. The standard InChI is InChI=1S/C32H36N6O7/c1-21(35-32(44)45-20-23-10-5-4-6-11-23)30(42)34-22(2)31(43)36-38(19-27(33)39)29(41)17-16-28(40)37(3)18-25-14-9-13-24-12-7-8-15-26(24)25/h4-17,21-22H,18-20H2,1-3H3,(H2,33,39)(H,34,42)(H,35,44)(H,36,43)/b17-16+/t21-,22-/m0/s1. The highest BCUT2D eigenvalue weighted by molar-refractivity contribution is 5.99. The second-order valence-corrected chi connectivity index (χ2v) is 10.2. The molecule has 0 saturated carbocycles. The molecule has 45 heavy (non-hydrogen) atoms. The number of hydrazine groups is 1. The van der Waals surface area contributed by atoms with Crippen molar-refractivity contribution in [2.24, 2.45) is 5.73 Å². The van der Waals surface area contributed by atoms with Crippen molar-refractivity contribution in [3.8, 4) is 0 Å². The highest BCUT2D eigenvalue weighted by Gasteiger charge is 2.24. The molecule has 236 valence electrons. The molecule has 0 fully saturated rings. The average molecular weight is 617 g/mol. The Hall–Kier alpha value is -5.72. The van der Waals surface area contributed by atoms with Crippen molar-refractivity contribution in [2.75, 3.05) is 13.6 Å². The van der Waals surface area contributed by atoms with Crippen LogP contribution >= 0.6 is 0 Å². The SMILES string of the molecule is C[C@H](NC(=O)OCc1ccccc1)C(=O)N[C@@H](C)C(=O)NN(CC(N)=O)C(=O)/C=C/C(=O)N(C)Cc1cccc2ccccc12. The van der Waals surface area contributed by atoms with E-state index in [0.29, 0.717) is 5.01 Å². The predicted octanol–water partition coefficient (Wildman–Crippen LogP) is 1.52. The van der Waals surface area contributed by atoms with Crippen molar-refractivity contribution in [1.29, 1.82) is 0 Å². The third kappa shape index (κ3) is 10.5. The van der Waals surface area contributed by atoms with Crippen molar-refractivity contribution in [3.05, 3.63) is 96.1 Å². The zero-order valence-electron chi connectivity index (χ0n) is 25.2. The minimum atomic E-state index is -1.19. The first kappa shape index (κ1) is 33.8. The van der Waals surface area contributed by atoms with Crippen LogP contribution in [-0.4, -0.2) is 71.2 Å². The lowest BCUT2D eigenvalue weighted by Gasteiger charge is -2.24. The van der Waals surface area contributed by atoms with E-state index in [9.17, 15) is 28.8 Å². The van der Waals surface area contributed by atoms with Crippen LogP contribution in [0.3, 0.4) is 0 Å². The molecule has 13 heteroatoms. The fraction of sp³-hybridized carbons (Fsp3) is 0.250. The average Bonchev–Trinajstić information content (AvgIpc) is 3.02. The highest BCUT2D eigenvalue weighted by atomic mass is 16.5. The van der Waals surface area contributed by atoms with E-state index in [4.69, 9.17) is 10.5 Å². The van der Waals surface area contributed by atoms with Gasteiger partial charge in [0.05, 0.1) is 0 Å². The summed E-state index contributed by atoms with van der Waals surface area (Å²) in [5.74, 6) is -3.89. The molecule has 0 unspecified atom stereocenters. The summed E-state index contributed by atoms with van der Waals surface area (Å²) in [6, 6.07) is 20.2. The molecule has 3 rings (SSSR count). The topological polar surface area (TPSA) is 180 Å². The highest BCUT2D eigenvalue weighted by Crippen LogP contribution is 2.19. The number of rotatable bonds is 12. The number of alkyl carbamates (subject to hydrolysis) is 1. The summed E-state index contributed by atoms with van der Waals surface area (Å²) in [7, 11) is 1.57. The van der Waals surface area contributed by atoms with Crippen LogP contribution in [0.4, 0.5) is 4.79 Å². The van der Waals surface area contributed by atoms with Gasteiger partial charge < -0.3 is 26.0 Å². The summed E-state index contributed by atoms with van der Waals surface area (Å²) in [6.07, 6.45) is 1.09. The van der Waals surface area contributed by atoms with Gasteiger partial charge in [0.1, 0.15) is 25.2 Å². The van der Waals surface area contributed by atoms with Crippen molar-refractivity contribution < 1.29 is 33.5 Å². The molecule has 0 saturated heterocycles. The second kappa shape index (κ2) is 16.2. The Morgan fingerprint density at radius 2 is 1.42 bits per heavy atom. The molecule has 13 nitrogen and oxygen atoms in total. The maximum atomic E-state index is 12.8. The first-order chi connectivity index (χ1) is 21.4. The Morgan fingerprint density at radius 1 is 0.800 bits per heavy atom. The van der Waals surface area contributed by atoms with Gasteiger partial charge in [0, 0.05) is 25.7 Å². The van der Waals surface area contributed by atoms with Gasteiger partial charge in [-0.25, -0.2) is 9.80 Å². The summed E-state index contributed by atoms with van der Waals surface area (Å²) in [5, 5.41) is 7.41. The van der Waals surface area contributed by atoms with Crippen LogP contribution in [-0.2, 0) is 41.9 Å². The molecule has 5 N–H and O–H groups in total. The molecule has 0 spiro atoms. The van der Waals surface area contributed by atoms with Gasteiger partial charge in [-0.15, -0.1) is 0 Å². The lowest BCUT2D eigenvalue weighted by atomic mass is 10.0. The van der Waals surface area contributed by atoms with Gasteiger partial charge in [-0.2, -0.15) is 0 Å². The van der Waals surface area contributed by atoms with E-state index < -0.39 is 54.3 Å². The number of ether oxygens (including phenoxy) is 1. The van der Waals surface area contributed by atoms with Crippen molar-refractivity contribution >= 4 is 46.4 Å². The molecule has 3 aromatic rings. The van der Waals surface area contributed by atoms with Crippen molar-refractivity contribution in [3.63, 3.8) is 0 Å². The van der Waals surface area contributed by atoms with Crippen LogP contribution in [0.1, 0.15) is 25.0 Å². The smallest absolute Gasteiger partial charge is 0.408 e. The van der Waals surface area contributed by atoms with Gasteiger partial charge in [-0.05, 0) is 35.7 Å². The van der Waals surface area contributed by atoms with E-state index in [1.165, 1.54) is 18.7 Å². The molecule has 2 atom stereocenters. The van der Waals surface area contributed by atoms with Gasteiger partial charge in [-0.1, -0.05) is 72.8 Å². The number of primary amides is 1. The number of amides is 6. The fourth-order valence-corrected chi connectivity index (χ4v) is 4.09. The molecular weight excluding hydrogens is 580 g/mol. The summed E-state index contributed by atoms with van der Waals surface area (Å²) in [5.41, 5.74) is 9.14. The lowest BCUT2D eigenvalue weighted by molar-refractivity contribution is -0.142. The molecule has 0 aliphatic carbocycles. The van der Waals surface area contributed by atoms with Crippen LogP contribution in [0.15, 0.2) is 84.9 Å². The molecule has 0 heterocycles. The number of nitrogens with one attached hydrogen (secondary N) is 3. The maximum Gasteiger partial charge on any atom is 0.408 e. The molecule has 3 aromatic carbocycles. The molecule has 6 amide bonds. The Bertz CT molecular complexity index is 1570. The summed E-state index contributed by atoms with van der Waals surface area (Å²) in [4.78, 5) is 75.9. The number of benzene rings is 3. The monoisotopic (exact) mass is 616 g/mol. The first-order valence-corrected chi connectivity index (χ1v) is 14.0. The summed E-state index contributed by atoms with van der Waals surface area (Å²) in [6.45, 7) is 2.31. The Balaban J connectivity index is 1.52. The van der Waals surface area contributed by atoms with Crippen LogP contribution < -0.4 is 21.8 Å². The number of nitrogens with zero attached hydrogens (tertiary/aromatic N) is 2. The maximum absolute atomic E-state index is 12.8. The van der Waals surface area contributed by atoms with Gasteiger partial charge >= 0.3 is 6.09 Å². The minimum Gasteiger partial charge on any atom is -0.445 e. The van der Waals surface area contributed by atoms with E-state index in [1.807, 2.05) is 48.5 Å². The van der Waals surface area contributed by atoms with Gasteiger partial charge in [0.2, 0.25) is 17.7 Å². The Morgan fingerprint density at radius 3 is 2.13 bits per heavy atom. The minimum absolute atomic E-state index is 0.00406. The number of fused-ring (bicyclic) bond motifs is 1. The number of likely N-dealkylation sites (N-methyl/N-ethyl adjacent to an activating group) is 1. The summed E-state index contributed by atoms with van der Waals surface area (Å²) < 4.78 is 5.09. The van der Waals surface area contributed by atoms with Crippen LogP contribution in [0, 0.1) is 0 Å². The van der Waals surface area contributed by atoms with Gasteiger partial charge in [0.25, 0.3) is 11.8 Å². The Labute approximate surface area is 260 Å². The van der Waals surface area contributed by atoms with Gasteiger partial charge in [-0.3, -0.25) is 29.4 Å². The number of nitrogens with two attached hydrogens (primary N) is 1. The second-order valence-electron chi connectivity index (χ2n) is 10.2. The molecule has 0 radical (unpaired) electrons. The zero-order valence-corrected chi connectivity index (χ0v) is 25.2. The first-order valence-electron chi connectivity index (χ1n) is 14.0. The summed E-state index contributed by atoms with van der Waals surface area (Å²) >= 11 is 0. The predicted molar refractivity (Wildman–Crippen MR) is 165 cm³/mol. The van der Waals surface area contributed by atoms with E-state index in [2.05, 4.69) is 16.1 Å². The van der Waals surface area contributed by atoms with Crippen LogP contribution in [0.2, 0.25) is 0 Å². The number of hydrogen-bond donors (Lipinski definition) is 4. The van der Waals surface area contributed by atoms with E-state index in [0.717, 1.165) is 34.1 Å². The zero-order chi connectivity index (χ0) is 32.9.